The van der Waals surface area contributed by atoms with Gasteiger partial charge in [-0.2, -0.15) is 0 Å². The molecule has 0 saturated carbocycles. The summed E-state index contributed by atoms with van der Waals surface area (Å²) in [6.45, 7) is 0.751. The van der Waals surface area contributed by atoms with Gasteiger partial charge in [-0.3, -0.25) is 19.3 Å². The van der Waals surface area contributed by atoms with Gasteiger partial charge in [-0.15, -0.1) is 0 Å². The zero-order chi connectivity index (χ0) is 19.4. The van der Waals surface area contributed by atoms with E-state index in [-0.39, 0.29) is 36.5 Å². The lowest BCUT2D eigenvalue weighted by Crippen LogP contribution is -2.33. The van der Waals surface area contributed by atoms with Gasteiger partial charge in [-0.1, -0.05) is 24.3 Å². The van der Waals surface area contributed by atoms with E-state index in [1.165, 1.54) is 17.0 Å². The van der Waals surface area contributed by atoms with Crippen molar-refractivity contribution in [1.82, 2.24) is 9.80 Å². The summed E-state index contributed by atoms with van der Waals surface area (Å²) in [5.74, 6) is -0.925. The zero-order valence-electron chi connectivity index (χ0n) is 15.2. The van der Waals surface area contributed by atoms with Crippen molar-refractivity contribution >= 4 is 17.7 Å². The summed E-state index contributed by atoms with van der Waals surface area (Å²) < 4.78 is 12.9. The van der Waals surface area contributed by atoms with E-state index in [1.807, 2.05) is 0 Å². The Bertz CT molecular complexity index is 829. The van der Waals surface area contributed by atoms with Crippen molar-refractivity contribution in [2.24, 2.45) is 0 Å². The molecule has 0 bridgehead atoms. The second-order valence-corrected chi connectivity index (χ2v) is 6.60. The lowest BCUT2D eigenvalue weighted by atomic mass is 10.1. The Hall–Kier alpha value is -3.02. The molecule has 0 radical (unpaired) electrons. The van der Waals surface area contributed by atoms with Crippen LogP contribution in [0.1, 0.15) is 39.1 Å². The Morgan fingerprint density at radius 2 is 1.59 bits per heavy atom. The summed E-state index contributed by atoms with van der Waals surface area (Å²) >= 11 is 0. The van der Waals surface area contributed by atoms with Crippen LogP contribution in [-0.2, 0) is 11.2 Å². The standard InChI is InChI=1S/C21H21FN2O3/c1-23(14-12-15-8-10-16(22)11-9-15)19(25)7-4-13-24-20(26)17-5-2-3-6-18(17)21(24)27/h2-3,5-6,8-11H,4,7,12-14H2,1H3. The normalized spacial score (nSPS) is 13.0. The maximum atomic E-state index is 12.9. The molecule has 0 unspecified atom stereocenters. The van der Waals surface area contributed by atoms with Crippen molar-refractivity contribution in [2.45, 2.75) is 19.3 Å². The molecule has 3 rings (SSSR count). The lowest BCUT2D eigenvalue weighted by Gasteiger charge is -2.18. The van der Waals surface area contributed by atoms with Crippen molar-refractivity contribution in [1.29, 1.82) is 0 Å². The summed E-state index contributed by atoms with van der Waals surface area (Å²) in [6, 6.07) is 13.0. The first-order chi connectivity index (χ1) is 13.0. The Labute approximate surface area is 157 Å². The van der Waals surface area contributed by atoms with Crippen LogP contribution in [0.25, 0.3) is 0 Å². The molecule has 0 N–H and O–H groups in total. The molecule has 5 nitrogen and oxygen atoms in total. The third-order valence-corrected chi connectivity index (χ3v) is 4.73. The second-order valence-electron chi connectivity index (χ2n) is 6.60. The highest BCUT2D eigenvalue weighted by atomic mass is 19.1. The molecule has 1 heterocycles. The van der Waals surface area contributed by atoms with Gasteiger partial charge in [0.15, 0.2) is 0 Å². The molecule has 0 aliphatic carbocycles. The second kappa shape index (κ2) is 8.12. The van der Waals surface area contributed by atoms with Crippen LogP contribution in [-0.4, -0.2) is 47.7 Å². The maximum absolute atomic E-state index is 12.9. The van der Waals surface area contributed by atoms with Crippen LogP contribution in [0.2, 0.25) is 0 Å². The number of nitrogens with zero attached hydrogens (tertiary/aromatic N) is 2. The lowest BCUT2D eigenvalue weighted by molar-refractivity contribution is -0.130. The molecule has 0 fully saturated rings. The highest BCUT2D eigenvalue weighted by molar-refractivity contribution is 6.21. The van der Waals surface area contributed by atoms with Crippen molar-refractivity contribution in [2.75, 3.05) is 20.1 Å². The van der Waals surface area contributed by atoms with E-state index in [2.05, 4.69) is 0 Å². The van der Waals surface area contributed by atoms with Gasteiger partial charge in [0.25, 0.3) is 11.8 Å². The molecule has 1 aliphatic rings. The number of amides is 3. The van der Waals surface area contributed by atoms with Gasteiger partial charge in [-0.05, 0) is 42.7 Å². The molecule has 27 heavy (non-hydrogen) atoms. The molecule has 3 amide bonds. The molecule has 1 aliphatic heterocycles. The molecule has 0 atom stereocenters. The van der Waals surface area contributed by atoms with Crippen LogP contribution < -0.4 is 0 Å². The van der Waals surface area contributed by atoms with Crippen molar-refractivity contribution in [3.05, 3.63) is 71.0 Å². The van der Waals surface area contributed by atoms with Crippen molar-refractivity contribution < 1.29 is 18.8 Å². The number of halogens is 1. The van der Waals surface area contributed by atoms with Crippen LogP contribution in [0, 0.1) is 5.82 Å². The number of rotatable bonds is 7. The summed E-state index contributed by atoms with van der Waals surface area (Å²) in [7, 11) is 1.72. The predicted octanol–water partition coefficient (Wildman–Crippen LogP) is 2.90. The average molecular weight is 368 g/mol. The molecule has 0 aromatic heterocycles. The van der Waals surface area contributed by atoms with Crippen LogP contribution in [0.3, 0.4) is 0 Å². The Balaban J connectivity index is 1.45. The van der Waals surface area contributed by atoms with Gasteiger partial charge in [0, 0.05) is 26.6 Å². The third kappa shape index (κ3) is 4.22. The van der Waals surface area contributed by atoms with Crippen LogP contribution in [0.4, 0.5) is 4.39 Å². The smallest absolute Gasteiger partial charge is 0.261 e. The van der Waals surface area contributed by atoms with Gasteiger partial charge >= 0.3 is 0 Å². The molecule has 6 heteroatoms. The summed E-state index contributed by atoms with van der Waals surface area (Å²) in [6.07, 6.45) is 1.32. The Morgan fingerprint density at radius 1 is 1.00 bits per heavy atom. The number of carbonyl (C=O) groups is 3. The summed E-state index contributed by atoms with van der Waals surface area (Å²) in [4.78, 5) is 39.6. The van der Waals surface area contributed by atoms with E-state index >= 15 is 0 Å². The Kier molecular flexibility index (Phi) is 5.64. The van der Waals surface area contributed by atoms with Gasteiger partial charge in [0.1, 0.15) is 5.82 Å². The van der Waals surface area contributed by atoms with Crippen LogP contribution >= 0.6 is 0 Å². The predicted molar refractivity (Wildman–Crippen MR) is 98.8 cm³/mol. The number of imide groups is 1. The highest BCUT2D eigenvalue weighted by Crippen LogP contribution is 2.22. The number of hydrogen-bond donors (Lipinski definition) is 0. The first-order valence-corrected chi connectivity index (χ1v) is 8.91. The summed E-state index contributed by atoms with van der Waals surface area (Å²) in [5.41, 5.74) is 1.80. The van der Waals surface area contributed by atoms with Gasteiger partial charge < -0.3 is 4.90 Å². The summed E-state index contributed by atoms with van der Waals surface area (Å²) in [5, 5.41) is 0. The maximum Gasteiger partial charge on any atom is 0.261 e. The first kappa shape index (κ1) is 18.8. The molecule has 140 valence electrons. The monoisotopic (exact) mass is 368 g/mol. The number of fused-ring (bicyclic) bond motifs is 1. The quantitative estimate of drug-likeness (QED) is 0.706. The van der Waals surface area contributed by atoms with Crippen molar-refractivity contribution in [3.63, 3.8) is 0 Å². The van der Waals surface area contributed by atoms with Crippen LogP contribution in [0.15, 0.2) is 48.5 Å². The van der Waals surface area contributed by atoms with E-state index < -0.39 is 0 Å². The minimum Gasteiger partial charge on any atom is -0.345 e. The molecular weight excluding hydrogens is 347 g/mol. The van der Waals surface area contributed by atoms with Gasteiger partial charge in [-0.25, -0.2) is 4.39 Å². The third-order valence-electron chi connectivity index (χ3n) is 4.73. The van der Waals surface area contributed by atoms with E-state index in [0.717, 1.165) is 5.56 Å². The zero-order valence-corrected chi connectivity index (χ0v) is 15.2. The molecule has 2 aromatic carbocycles. The average Bonchev–Trinajstić information content (AvgIpc) is 2.92. The minimum absolute atomic E-state index is 0.0475. The topological polar surface area (TPSA) is 57.7 Å². The largest absolute Gasteiger partial charge is 0.345 e. The highest BCUT2D eigenvalue weighted by Gasteiger charge is 2.34. The van der Waals surface area contributed by atoms with E-state index in [1.54, 1.807) is 48.3 Å². The number of likely N-dealkylation sites (N-methyl/N-ethyl adjacent to an activating group) is 1. The fraction of sp³-hybridized carbons (Fsp3) is 0.286. The first-order valence-electron chi connectivity index (χ1n) is 8.91. The van der Waals surface area contributed by atoms with Crippen LogP contribution in [0.5, 0.6) is 0 Å². The Morgan fingerprint density at radius 3 is 2.19 bits per heavy atom. The molecule has 0 saturated heterocycles. The molecular formula is C21H21FN2O3. The van der Waals surface area contributed by atoms with E-state index in [4.69, 9.17) is 0 Å². The molecule has 2 aromatic rings. The fourth-order valence-corrected chi connectivity index (χ4v) is 3.09. The minimum atomic E-state index is -0.298. The van der Waals surface area contributed by atoms with E-state index in [9.17, 15) is 18.8 Å². The van der Waals surface area contributed by atoms with Crippen molar-refractivity contribution in [3.8, 4) is 0 Å². The van der Waals surface area contributed by atoms with E-state index in [0.29, 0.717) is 30.5 Å². The molecule has 0 spiro atoms. The number of benzene rings is 2. The SMILES string of the molecule is CN(CCc1ccc(F)cc1)C(=O)CCCN1C(=O)c2ccccc2C1=O. The van der Waals surface area contributed by atoms with Gasteiger partial charge in [0.05, 0.1) is 11.1 Å². The van der Waals surface area contributed by atoms with Gasteiger partial charge in [0.2, 0.25) is 5.91 Å². The fourth-order valence-electron chi connectivity index (χ4n) is 3.09. The number of carbonyl (C=O) groups excluding carboxylic acids is 3. The number of hydrogen-bond acceptors (Lipinski definition) is 3.